The van der Waals surface area contributed by atoms with Crippen LogP contribution >= 0.6 is 11.3 Å². The van der Waals surface area contributed by atoms with Crippen LogP contribution in [0.3, 0.4) is 0 Å². The predicted molar refractivity (Wildman–Crippen MR) is 92.9 cm³/mol. The summed E-state index contributed by atoms with van der Waals surface area (Å²) in [5.41, 5.74) is 2.22. The number of carbonyl (C=O) groups is 1. The second-order valence-corrected chi connectivity index (χ2v) is 6.42. The van der Waals surface area contributed by atoms with E-state index in [4.69, 9.17) is 4.74 Å². The fraction of sp³-hybridized carbons (Fsp3) is 0.167. The zero-order valence-corrected chi connectivity index (χ0v) is 15.0. The lowest BCUT2D eigenvalue weighted by molar-refractivity contribution is -0.274. The number of thiazole rings is 1. The van der Waals surface area contributed by atoms with E-state index in [2.05, 4.69) is 14.7 Å². The van der Waals surface area contributed by atoms with Crippen LogP contribution in [0.4, 0.5) is 13.2 Å². The topological polar surface area (TPSA) is 61.3 Å². The van der Waals surface area contributed by atoms with Crippen LogP contribution in [0.5, 0.6) is 10.9 Å². The Morgan fingerprint density at radius 3 is 2.48 bits per heavy atom. The standard InChI is InChI=1S/C18H13F3N2O3S/c1-10-6-13(12-4-3-5-14(7-12)26-18(19,20)21)8-15(22-10)16(24)25-17-23-11(2)9-27-17/h3-9H,1-2H3. The lowest BCUT2D eigenvalue weighted by Gasteiger charge is -2.11. The van der Waals surface area contributed by atoms with E-state index in [9.17, 15) is 18.0 Å². The Morgan fingerprint density at radius 1 is 1.04 bits per heavy atom. The molecular weight excluding hydrogens is 381 g/mol. The molecule has 0 N–H and O–H groups in total. The Labute approximate surface area is 156 Å². The number of halogens is 3. The molecule has 27 heavy (non-hydrogen) atoms. The quantitative estimate of drug-likeness (QED) is 0.587. The summed E-state index contributed by atoms with van der Waals surface area (Å²) in [7, 11) is 0. The van der Waals surface area contributed by atoms with Crippen molar-refractivity contribution in [3.05, 3.63) is 58.9 Å². The van der Waals surface area contributed by atoms with Crippen molar-refractivity contribution in [1.29, 1.82) is 0 Å². The molecule has 0 unspecified atom stereocenters. The molecule has 0 aliphatic heterocycles. The third kappa shape index (κ3) is 5.04. The summed E-state index contributed by atoms with van der Waals surface area (Å²) in [6, 6.07) is 8.58. The maximum absolute atomic E-state index is 12.4. The van der Waals surface area contributed by atoms with E-state index < -0.39 is 12.3 Å². The van der Waals surface area contributed by atoms with Crippen LogP contribution in [-0.2, 0) is 0 Å². The van der Waals surface area contributed by atoms with Gasteiger partial charge < -0.3 is 9.47 Å². The second-order valence-electron chi connectivity index (χ2n) is 5.60. The van der Waals surface area contributed by atoms with Crippen molar-refractivity contribution in [3.8, 4) is 22.1 Å². The molecule has 0 saturated heterocycles. The van der Waals surface area contributed by atoms with Crippen molar-refractivity contribution in [2.75, 3.05) is 0 Å². The number of aryl methyl sites for hydroxylation is 2. The van der Waals surface area contributed by atoms with Gasteiger partial charge in [-0.2, -0.15) is 0 Å². The van der Waals surface area contributed by atoms with Gasteiger partial charge in [-0.3, -0.25) is 0 Å². The zero-order valence-electron chi connectivity index (χ0n) is 14.2. The predicted octanol–water partition coefficient (Wildman–Crippen LogP) is 4.94. The fourth-order valence-electron chi connectivity index (χ4n) is 2.32. The van der Waals surface area contributed by atoms with Crippen molar-refractivity contribution in [2.24, 2.45) is 0 Å². The van der Waals surface area contributed by atoms with Crippen LogP contribution in [0.2, 0.25) is 0 Å². The van der Waals surface area contributed by atoms with Gasteiger partial charge in [-0.05, 0) is 49.2 Å². The molecule has 2 heterocycles. The fourth-order valence-corrected chi connectivity index (χ4v) is 2.97. The average Bonchev–Trinajstić information content (AvgIpc) is 2.98. The second kappa shape index (κ2) is 7.36. The Morgan fingerprint density at radius 2 is 1.81 bits per heavy atom. The van der Waals surface area contributed by atoms with E-state index in [-0.39, 0.29) is 16.6 Å². The maximum atomic E-state index is 12.4. The van der Waals surface area contributed by atoms with E-state index in [1.54, 1.807) is 31.4 Å². The van der Waals surface area contributed by atoms with Gasteiger partial charge in [0.1, 0.15) is 11.4 Å². The summed E-state index contributed by atoms with van der Waals surface area (Å²) < 4.78 is 46.4. The molecule has 5 nitrogen and oxygen atoms in total. The van der Waals surface area contributed by atoms with Crippen LogP contribution in [0.1, 0.15) is 21.9 Å². The largest absolute Gasteiger partial charge is 0.573 e. The molecular formula is C18H13F3N2O3S. The smallest absolute Gasteiger partial charge is 0.406 e. The first kappa shape index (κ1) is 18.8. The third-order valence-electron chi connectivity index (χ3n) is 3.34. The van der Waals surface area contributed by atoms with E-state index in [0.29, 0.717) is 16.8 Å². The van der Waals surface area contributed by atoms with Crippen LogP contribution in [0.15, 0.2) is 41.8 Å². The molecule has 3 aromatic rings. The molecule has 0 atom stereocenters. The number of alkyl halides is 3. The number of carbonyl (C=O) groups excluding carboxylic acids is 1. The van der Waals surface area contributed by atoms with E-state index >= 15 is 0 Å². The molecule has 140 valence electrons. The highest BCUT2D eigenvalue weighted by Gasteiger charge is 2.31. The van der Waals surface area contributed by atoms with Crippen LogP contribution in [-0.4, -0.2) is 22.3 Å². The number of benzene rings is 1. The maximum Gasteiger partial charge on any atom is 0.573 e. The minimum Gasteiger partial charge on any atom is -0.406 e. The summed E-state index contributed by atoms with van der Waals surface area (Å²) >= 11 is 1.18. The first-order chi connectivity index (χ1) is 12.7. The summed E-state index contributed by atoms with van der Waals surface area (Å²) in [6.45, 7) is 3.44. The summed E-state index contributed by atoms with van der Waals surface area (Å²) in [4.78, 5) is 20.5. The number of esters is 1. The number of ether oxygens (including phenoxy) is 2. The molecule has 9 heteroatoms. The van der Waals surface area contributed by atoms with E-state index in [1.165, 1.54) is 35.6 Å². The monoisotopic (exact) mass is 394 g/mol. The Bertz CT molecular complexity index is 986. The number of pyridine rings is 1. The highest BCUT2D eigenvalue weighted by atomic mass is 32.1. The average molecular weight is 394 g/mol. The van der Waals surface area contributed by atoms with Crippen LogP contribution in [0.25, 0.3) is 11.1 Å². The van der Waals surface area contributed by atoms with Gasteiger partial charge in [0.2, 0.25) is 0 Å². The molecule has 0 bridgehead atoms. The molecule has 0 radical (unpaired) electrons. The minimum absolute atomic E-state index is 0.0278. The van der Waals surface area contributed by atoms with Gasteiger partial charge in [-0.1, -0.05) is 23.5 Å². The Hall–Kier alpha value is -2.94. The lowest BCUT2D eigenvalue weighted by Crippen LogP contribution is -2.17. The number of nitrogens with zero attached hydrogens (tertiary/aromatic N) is 2. The third-order valence-corrected chi connectivity index (χ3v) is 4.18. The first-order valence-electron chi connectivity index (χ1n) is 7.69. The van der Waals surface area contributed by atoms with Crippen LogP contribution in [0, 0.1) is 13.8 Å². The molecule has 0 saturated carbocycles. The number of hydrogen-bond donors (Lipinski definition) is 0. The number of rotatable bonds is 4. The van der Waals surface area contributed by atoms with Gasteiger partial charge >= 0.3 is 12.3 Å². The molecule has 0 aliphatic carbocycles. The molecule has 0 amide bonds. The molecule has 0 fully saturated rings. The van der Waals surface area contributed by atoms with Crippen LogP contribution < -0.4 is 9.47 Å². The Balaban J connectivity index is 1.89. The molecule has 2 aromatic heterocycles. The molecule has 1 aromatic carbocycles. The van der Waals surface area contributed by atoms with E-state index in [1.807, 2.05) is 0 Å². The van der Waals surface area contributed by atoms with Gasteiger partial charge in [0.25, 0.3) is 5.19 Å². The van der Waals surface area contributed by atoms with Crippen molar-refractivity contribution >= 4 is 17.3 Å². The van der Waals surface area contributed by atoms with Gasteiger partial charge in [-0.15, -0.1) is 13.2 Å². The molecule has 0 spiro atoms. The first-order valence-corrected chi connectivity index (χ1v) is 8.57. The number of aromatic nitrogens is 2. The van der Waals surface area contributed by atoms with Gasteiger partial charge in [-0.25, -0.2) is 14.8 Å². The molecule has 3 rings (SSSR count). The summed E-state index contributed by atoms with van der Waals surface area (Å²) in [5.74, 6) is -1.05. The van der Waals surface area contributed by atoms with Gasteiger partial charge in [0, 0.05) is 11.1 Å². The highest BCUT2D eigenvalue weighted by Crippen LogP contribution is 2.29. The minimum atomic E-state index is -4.78. The van der Waals surface area contributed by atoms with Crippen molar-refractivity contribution < 1.29 is 27.4 Å². The zero-order chi connectivity index (χ0) is 19.6. The lowest BCUT2D eigenvalue weighted by atomic mass is 10.0. The number of hydrogen-bond acceptors (Lipinski definition) is 6. The van der Waals surface area contributed by atoms with E-state index in [0.717, 1.165) is 5.69 Å². The Kier molecular flexibility index (Phi) is 5.13. The SMILES string of the molecule is Cc1cc(-c2cccc(OC(F)(F)F)c2)cc(C(=O)Oc2nc(C)cs2)n1. The van der Waals surface area contributed by atoms with Crippen molar-refractivity contribution in [3.63, 3.8) is 0 Å². The summed E-state index contributed by atoms with van der Waals surface area (Å²) in [5, 5.41) is 1.94. The van der Waals surface area contributed by atoms with Gasteiger partial charge in [0.15, 0.2) is 0 Å². The normalized spacial score (nSPS) is 11.3. The van der Waals surface area contributed by atoms with Gasteiger partial charge in [0.05, 0.1) is 5.69 Å². The summed E-state index contributed by atoms with van der Waals surface area (Å²) in [6.07, 6.45) is -4.78. The van der Waals surface area contributed by atoms with Crippen molar-refractivity contribution in [1.82, 2.24) is 9.97 Å². The molecule has 0 aliphatic rings. The highest BCUT2D eigenvalue weighted by molar-refractivity contribution is 7.11. The van der Waals surface area contributed by atoms with Crippen molar-refractivity contribution in [2.45, 2.75) is 20.2 Å².